The van der Waals surface area contributed by atoms with Gasteiger partial charge in [0, 0.05) is 6.07 Å². The Hall–Kier alpha value is -1.85. The predicted molar refractivity (Wildman–Crippen MR) is 77.3 cm³/mol. The van der Waals surface area contributed by atoms with E-state index in [1.807, 2.05) is 27.7 Å². The van der Waals surface area contributed by atoms with Crippen molar-refractivity contribution < 1.29 is 14.1 Å². The molecule has 0 spiro atoms. The summed E-state index contributed by atoms with van der Waals surface area (Å²) in [6.45, 7) is 7.86. The number of piperazine rings is 1. The first-order valence-electron chi connectivity index (χ1n) is 7.52. The van der Waals surface area contributed by atoms with Crippen LogP contribution < -0.4 is 5.32 Å². The maximum absolute atomic E-state index is 12.9. The van der Waals surface area contributed by atoms with Gasteiger partial charge < -0.3 is 14.7 Å². The lowest BCUT2D eigenvalue weighted by atomic mass is 9.86. The van der Waals surface area contributed by atoms with Gasteiger partial charge in [-0.05, 0) is 26.2 Å². The lowest BCUT2D eigenvalue weighted by Gasteiger charge is -2.45. The van der Waals surface area contributed by atoms with E-state index in [4.69, 9.17) is 4.52 Å². The molecule has 0 radical (unpaired) electrons. The van der Waals surface area contributed by atoms with Crippen LogP contribution in [0.1, 0.15) is 51.5 Å². The largest absolute Gasteiger partial charge is 0.359 e. The van der Waals surface area contributed by atoms with E-state index in [0.29, 0.717) is 25.0 Å². The van der Waals surface area contributed by atoms with E-state index >= 15 is 0 Å². The van der Waals surface area contributed by atoms with Gasteiger partial charge in [-0.3, -0.25) is 9.59 Å². The highest BCUT2D eigenvalue weighted by molar-refractivity contribution is 5.99. The van der Waals surface area contributed by atoms with Crippen LogP contribution in [0.15, 0.2) is 10.6 Å². The van der Waals surface area contributed by atoms with Crippen molar-refractivity contribution in [2.75, 3.05) is 0 Å². The first-order valence-corrected chi connectivity index (χ1v) is 7.52. The van der Waals surface area contributed by atoms with Gasteiger partial charge in [-0.2, -0.15) is 0 Å². The van der Waals surface area contributed by atoms with Gasteiger partial charge in [-0.25, -0.2) is 0 Å². The molecule has 2 heterocycles. The molecule has 1 unspecified atom stereocenters. The smallest absolute Gasteiger partial charge is 0.249 e. The molecule has 21 heavy (non-hydrogen) atoms. The highest BCUT2D eigenvalue weighted by Gasteiger charge is 2.48. The van der Waals surface area contributed by atoms with Gasteiger partial charge in [0.05, 0.1) is 12.2 Å². The maximum atomic E-state index is 12.9. The van der Waals surface area contributed by atoms with Crippen LogP contribution in [0.2, 0.25) is 0 Å². The Balaban J connectivity index is 2.32. The van der Waals surface area contributed by atoms with Crippen LogP contribution in [-0.4, -0.2) is 33.5 Å². The van der Waals surface area contributed by atoms with Crippen LogP contribution in [0, 0.1) is 6.92 Å². The van der Waals surface area contributed by atoms with Gasteiger partial charge in [0.2, 0.25) is 11.8 Å². The quantitative estimate of drug-likeness (QED) is 0.898. The van der Waals surface area contributed by atoms with Crippen LogP contribution in [0.3, 0.4) is 0 Å². The number of hydrogen-bond acceptors (Lipinski definition) is 4. The predicted octanol–water partition coefficient (Wildman–Crippen LogP) is 1.78. The normalized spacial score (nSPS) is 21.5. The molecule has 0 bridgehead atoms. The molecule has 1 aromatic heterocycles. The Morgan fingerprint density at radius 1 is 1.33 bits per heavy atom. The molecular weight excluding hydrogens is 270 g/mol. The molecule has 1 aliphatic rings. The van der Waals surface area contributed by atoms with Crippen molar-refractivity contribution in [3.05, 3.63) is 17.5 Å². The van der Waals surface area contributed by atoms with Crippen molar-refractivity contribution in [3.8, 4) is 0 Å². The molecule has 1 aliphatic heterocycles. The fourth-order valence-electron chi connectivity index (χ4n) is 2.91. The molecule has 2 amide bonds. The Morgan fingerprint density at radius 2 is 2.00 bits per heavy atom. The summed E-state index contributed by atoms with van der Waals surface area (Å²) in [4.78, 5) is 26.9. The second kappa shape index (κ2) is 5.87. The first kappa shape index (κ1) is 15.5. The number of aryl methyl sites for hydroxylation is 1. The van der Waals surface area contributed by atoms with Crippen molar-refractivity contribution in [1.29, 1.82) is 0 Å². The topological polar surface area (TPSA) is 75.4 Å². The monoisotopic (exact) mass is 293 g/mol. The van der Waals surface area contributed by atoms with Crippen molar-refractivity contribution in [1.82, 2.24) is 15.4 Å². The highest BCUT2D eigenvalue weighted by Crippen LogP contribution is 2.27. The zero-order valence-electron chi connectivity index (χ0n) is 13.1. The van der Waals surface area contributed by atoms with E-state index in [-0.39, 0.29) is 18.4 Å². The van der Waals surface area contributed by atoms with Crippen molar-refractivity contribution in [3.63, 3.8) is 0 Å². The number of rotatable bonds is 5. The molecule has 2 rings (SSSR count). The highest BCUT2D eigenvalue weighted by atomic mass is 16.5. The Labute approximate surface area is 124 Å². The van der Waals surface area contributed by atoms with Gasteiger partial charge in [-0.15, -0.1) is 0 Å². The van der Waals surface area contributed by atoms with Crippen molar-refractivity contribution in [2.24, 2.45) is 0 Å². The molecule has 0 aromatic carbocycles. The minimum absolute atomic E-state index is 0.0343. The fourth-order valence-corrected chi connectivity index (χ4v) is 2.91. The van der Waals surface area contributed by atoms with E-state index in [0.717, 1.165) is 5.69 Å². The fraction of sp³-hybridized carbons (Fsp3) is 0.667. The summed E-state index contributed by atoms with van der Waals surface area (Å²) in [5.74, 6) is 0.486. The van der Waals surface area contributed by atoms with Crippen LogP contribution in [0.5, 0.6) is 0 Å². The molecule has 0 aliphatic carbocycles. The third kappa shape index (κ3) is 2.66. The zero-order valence-corrected chi connectivity index (χ0v) is 13.1. The van der Waals surface area contributed by atoms with Crippen molar-refractivity contribution in [2.45, 2.75) is 65.1 Å². The molecule has 1 saturated heterocycles. The molecule has 116 valence electrons. The molecule has 1 aromatic rings. The number of carbonyl (C=O) groups excluding carboxylic acids is 2. The summed E-state index contributed by atoms with van der Waals surface area (Å²) in [7, 11) is 0. The Bertz CT molecular complexity index is 534. The van der Waals surface area contributed by atoms with Crippen LogP contribution in [0.4, 0.5) is 0 Å². The SMILES string of the molecule is CCC1C(=O)NC(CC)(CC)C(=O)N1Cc1cc(C)no1. The van der Waals surface area contributed by atoms with Gasteiger partial charge in [0.25, 0.3) is 0 Å². The van der Waals surface area contributed by atoms with Gasteiger partial charge in [-0.1, -0.05) is 25.9 Å². The first-order chi connectivity index (χ1) is 9.97. The molecule has 1 atom stereocenters. The number of hydrogen-bond donors (Lipinski definition) is 1. The second-order valence-corrected chi connectivity index (χ2v) is 5.57. The molecule has 1 fully saturated rings. The summed E-state index contributed by atoms with van der Waals surface area (Å²) in [6.07, 6.45) is 1.74. The molecule has 0 saturated carbocycles. The Morgan fingerprint density at radius 3 is 2.48 bits per heavy atom. The van der Waals surface area contributed by atoms with E-state index < -0.39 is 11.6 Å². The maximum Gasteiger partial charge on any atom is 0.249 e. The zero-order chi connectivity index (χ0) is 15.6. The summed E-state index contributed by atoms with van der Waals surface area (Å²) >= 11 is 0. The lowest BCUT2D eigenvalue weighted by molar-refractivity contribution is -0.156. The number of nitrogens with zero attached hydrogens (tertiary/aromatic N) is 2. The third-order valence-corrected chi connectivity index (χ3v) is 4.31. The summed E-state index contributed by atoms with van der Waals surface area (Å²) in [5, 5.41) is 6.76. The molecule has 6 nitrogen and oxygen atoms in total. The lowest BCUT2D eigenvalue weighted by Crippen LogP contribution is -2.69. The summed E-state index contributed by atoms with van der Waals surface area (Å²) in [6, 6.07) is 1.35. The number of nitrogens with one attached hydrogen (secondary N) is 1. The van der Waals surface area contributed by atoms with E-state index in [1.54, 1.807) is 11.0 Å². The average molecular weight is 293 g/mol. The molecule has 6 heteroatoms. The van der Waals surface area contributed by atoms with Gasteiger partial charge in [0.1, 0.15) is 11.6 Å². The number of aromatic nitrogens is 1. The summed E-state index contributed by atoms with van der Waals surface area (Å²) < 4.78 is 5.20. The minimum atomic E-state index is -0.794. The number of amides is 2. The average Bonchev–Trinajstić information content (AvgIpc) is 2.88. The number of carbonyl (C=O) groups is 2. The molecule has 1 N–H and O–H groups in total. The third-order valence-electron chi connectivity index (χ3n) is 4.31. The van der Waals surface area contributed by atoms with Crippen molar-refractivity contribution >= 4 is 11.8 Å². The second-order valence-electron chi connectivity index (χ2n) is 5.57. The standard InChI is InChI=1S/C15H23N3O3/c1-5-12-13(19)16-15(6-2,7-3)14(20)18(12)9-11-8-10(4)17-21-11/h8,12H,5-7,9H2,1-4H3,(H,16,19). The van der Waals surface area contributed by atoms with E-state index in [9.17, 15) is 9.59 Å². The summed E-state index contributed by atoms with van der Waals surface area (Å²) in [5.41, 5.74) is -0.0260. The minimum Gasteiger partial charge on any atom is -0.359 e. The van der Waals surface area contributed by atoms with E-state index in [2.05, 4.69) is 10.5 Å². The Kier molecular flexibility index (Phi) is 4.34. The van der Waals surface area contributed by atoms with Crippen LogP contribution >= 0.6 is 0 Å². The van der Waals surface area contributed by atoms with Gasteiger partial charge in [0.15, 0.2) is 5.76 Å². The molecular formula is C15H23N3O3. The van der Waals surface area contributed by atoms with Crippen LogP contribution in [-0.2, 0) is 16.1 Å². The van der Waals surface area contributed by atoms with E-state index in [1.165, 1.54) is 0 Å². The van der Waals surface area contributed by atoms with Gasteiger partial charge >= 0.3 is 0 Å². The van der Waals surface area contributed by atoms with Crippen LogP contribution in [0.25, 0.3) is 0 Å².